The third-order valence-electron chi connectivity index (χ3n) is 5.57. The number of rotatable bonds is 6. The molecular weight excluding hydrogens is 368 g/mol. The Kier molecular flexibility index (Phi) is 7.27. The van der Waals surface area contributed by atoms with Crippen molar-refractivity contribution in [2.45, 2.75) is 54.7 Å². The molecule has 0 radical (unpaired) electrons. The molecule has 1 saturated heterocycles. The van der Waals surface area contributed by atoms with E-state index in [1.54, 1.807) is 0 Å². The number of benzene rings is 1. The van der Waals surface area contributed by atoms with Crippen LogP contribution in [0.2, 0.25) is 5.02 Å². The van der Waals surface area contributed by atoms with Gasteiger partial charge in [-0.05, 0) is 31.9 Å². The molecule has 2 fully saturated rings. The second kappa shape index (κ2) is 9.45. The minimum absolute atomic E-state index is 0.0909. The number of nitrogens with zero attached hydrogens (tertiary/aromatic N) is 1. The molecule has 0 spiro atoms. The van der Waals surface area contributed by atoms with Crippen molar-refractivity contribution in [3.63, 3.8) is 0 Å². The molecule has 1 N–H and O–H groups in total. The zero-order chi connectivity index (χ0) is 18.4. The molecule has 0 aromatic heterocycles. The van der Waals surface area contributed by atoms with E-state index in [9.17, 15) is 4.79 Å². The quantitative estimate of drug-likeness (QED) is 0.738. The summed E-state index contributed by atoms with van der Waals surface area (Å²) < 4.78 is 5.53. The predicted octanol–water partition coefficient (Wildman–Crippen LogP) is 3.97. The monoisotopic (exact) mass is 396 g/mol. The summed E-state index contributed by atoms with van der Waals surface area (Å²) in [5.41, 5.74) is 0.104. The fourth-order valence-corrected chi connectivity index (χ4v) is 5.21. The number of halogens is 1. The van der Waals surface area contributed by atoms with Gasteiger partial charge in [0.25, 0.3) is 0 Å². The number of carbonyl (C=O) groups is 1. The first-order valence-electron chi connectivity index (χ1n) is 9.62. The van der Waals surface area contributed by atoms with Crippen molar-refractivity contribution >= 4 is 29.3 Å². The number of morpholine rings is 1. The summed E-state index contributed by atoms with van der Waals surface area (Å²) in [6, 6.07) is 7.69. The fraction of sp³-hybridized carbons (Fsp3) is 0.650. The number of thioether (sulfide) groups is 1. The van der Waals surface area contributed by atoms with Gasteiger partial charge in [-0.25, -0.2) is 0 Å². The lowest BCUT2D eigenvalue weighted by Crippen LogP contribution is -2.60. The maximum absolute atomic E-state index is 12.7. The van der Waals surface area contributed by atoms with Crippen molar-refractivity contribution in [1.82, 2.24) is 10.2 Å². The zero-order valence-corrected chi connectivity index (χ0v) is 17.1. The summed E-state index contributed by atoms with van der Waals surface area (Å²) in [5.74, 6) is 0.0909. The number of carbonyl (C=O) groups excluding carboxylic acids is 1. The Balaban J connectivity index is 1.59. The Hall–Kier alpha value is -0.750. The summed E-state index contributed by atoms with van der Waals surface area (Å²) in [6.07, 6.45) is 6.13. The van der Waals surface area contributed by atoms with Crippen LogP contribution in [0.1, 0.15) is 39.0 Å². The highest BCUT2D eigenvalue weighted by Crippen LogP contribution is 2.34. The largest absolute Gasteiger partial charge is 0.379 e. The van der Waals surface area contributed by atoms with Crippen LogP contribution in [0.4, 0.5) is 0 Å². The van der Waals surface area contributed by atoms with Crippen LogP contribution in [0.3, 0.4) is 0 Å². The molecule has 1 aliphatic heterocycles. The van der Waals surface area contributed by atoms with Gasteiger partial charge in [-0.1, -0.05) is 43.0 Å². The third-order valence-corrected chi connectivity index (χ3v) is 7.19. The molecule has 2 aliphatic rings. The van der Waals surface area contributed by atoms with Crippen molar-refractivity contribution in [1.29, 1.82) is 0 Å². The van der Waals surface area contributed by atoms with Gasteiger partial charge in [-0.3, -0.25) is 9.69 Å². The molecule has 3 rings (SSSR count). The first-order valence-corrected chi connectivity index (χ1v) is 10.9. The van der Waals surface area contributed by atoms with Crippen molar-refractivity contribution in [2.75, 3.05) is 32.8 Å². The summed E-state index contributed by atoms with van der Waals surface area (Å²) in [4.78, 5) is 16.2. The second-order valence-electron chi connectivity index (χ2n) is 7.29. The molecule has 0 bridgehead atoms. The smallest absolute Gasteiger partial charge is 0.233 e. The highest BCUT2D eigenvalue weighted by Gasteiger charge is 2.39. The molecule has 144 valence electrons. The molecule has 1 amide bonds. The highest BCUT2D eigenvalue weighted by molar-refractivity contribution is 8.00. The van der Waals surface area contributed by atoms with Crippen LogP contribution < -0.4 is 5.32 Å². The Morgan fingerprint density at radius 1 is 1.27 bits per heavy atom. The molecule has 4 nitrogen and oxygen atoms in total. The Morgan fingerprint density at radius 2 is 1.96 bits per heavy atom. The number of nitrogens with one attached hydrogen (secondary N) is 1. The zero-order valence-electron chi connectivity index (χ0n) is 15.5. The number of amides is 1. The van der Waals surface area contributed by atoms with Crippen molar-refractivity contribution in [3.8, 4) is 0 Å². The van der Waals surface area contributed by atoms with Crippen LogP contribution in [0.15, 0.2) is 29.2 Å². The van der Waals surface area contributed by atoms with E-state index in [1.807, 2.05) is 31.2 Å². The van der Waals surface area contributed by atoms with Gasteiger partial charge in [0, 0.05) is 30.1 Å². The first-order chi connectivity index (χ1) is 12.6. The molecule has 1 aliphatic carbocycles. The summed E-state index contributed by atoms with van der Waals surface area (Å²) in [7, 11) is 0. The average Bonchev–Trinajstić information content (AvgIpc) is 2.69. The van der Waals surface area contributed by atoms with E-state index in [4.69, 9.17) is 16.3 Å². The van der Waals surface area contributed by atoms with Gasteiger partial charge < -0.3 is 10.1 Å². The molecule has 1 unspecified atom stereocenters. The number of hydrogen-bond acceptors (Lipinski definition) is 4. The van der Waals surface area contributed by atoms with E-state index < -0.39 is 0 Å². The van der Waals surface area contributed by atoms with Crippen LogP contribution in [0.5, 0.6) is 0 Å². The minimum Gasteiger partial charge on any atom is -0.379 e. The van der Waals surface area contributed by atoms with E-state index in [-0.39, 0.29) is 16.7 Å². The Labute approximate surface area is 166 Å². The van der Waals surface area contributed by atoms with Gasteiger partial charge in [-0.2, -0.15) is 0 Å². The lowest BCUT2D eigenvalue weighted by Gasteiger charge is -2.48. The van der Waals surface area contributed by atoms with Crippen LogP contribution in [0, 0.1) is 0 Å². The highest BCUT2D eigenvalue weighted by atomic mass is 35.5. The Morgan fingerprint density at radius 3 is 2.65 bits per heavy atom. The Bertz CT molecular complexity index is 601. The maximum atomic E-state index is 12.7. The SMILES string of the molecule is CC(Sc1ccccc1Cl)C(=O)NCC1(N2CCOCC2)CCCCC1. The molecular formula is C20H29ClN2O2S. The van der Waals surface area contributed by atoms with Gasteiger partial charge in [0.05, 0.1) is 23.5 Å². The summed E-state index contributed by atoms with van der Waals surface area (Å²) in [5, 5.41) is 3.78. The number of ether oxygens (including phenoxy) is 1. The van der Waals surface area contributed by atoms with Gasteiger partial charge in [0.1, 0.15) is 0 Å². The number of hydrogen-bond donors (Lipinski definition) is 1. The maximum Gasteiger partial charge on any atom is 0.233 e. The molecule has 1 saturated carbocycles. The van der Waals surface area contributed by atoms with Crippen molar-refractivity contribution in [2.24, 2.45) is 0 Å². The van der Waals surface area contributed by atoms with Crippen LogP contribution in [-0.2, 0) is 9.53 Å². The van der Waals surface area contributed by atoms with Crippen LogP contribution in [-0.4, -0.2) is 54.4 Å². The topological polar surface area (TPSA) is 41.6 Å². The van der Waals surface area contributed by atoms with Gasteiger partial charge in [-0.15, -0.1) is 11.8 Å². The van der Waals surface area contributed by atoms with E-state index in [2.05, 4.69) is 10.2 Å². The minimum atomic E-state index is -0.166. The van der Waals surface area contributed by atoms with E-state index in [0.717, 1.165) is 37.7 Å². The normalized spacial score (nSPS) is 21.9. The summed E-state index contributed by atoms with van der Waals surface area (Å²) in [6.45, 7) is 6.23. The van der Waals surface area contributed by atoms with E-state index in [1.165, 1.54) is 43.9 Å². The predicted molar refractivity (Wildman–Crippen MR) is 108 cm³/mol. The summed E-state index contributed by atoms with van der Waals surface area (Å²) >= 11 is 7.75. The second-order valence-corrected chi connectivity index (χ2v) is 9.08. The molecule has 1 heterocycles. The van der Waals surface area contributed by atoms with Crippen LogP contribution >= 0.6 is 23.4 Å². The lowest BCUT2D eigenvalue weighted by atomic mass is 9.79. The first kappa shape index (κ1) is 20.0. The molecule has 6 heteroatoms. The standard InChI is InChI=1S/C20H29ClN2O2S/c1-16(26-18-8-4-3-7-17(18)21)19(24)22-15-20(9-5-2-6-10-20)23-11-13-25-14-12-23/h3-4,7-8,16H,2,5-6,9-15H2,1H3,(H,22,24). The average molecular weight is 397 g/mol. The molecule has 1 aromatic carbocycles. The van der Waals surface area contributed by atoms with Crippen molar-refractivity contribution < 1.29 is 9.53 Å². The van der Waals surface area contributed by atoms with E-state index >= 15 is 0 Å². The van der Waals surface area contributed by atoms with Gasteiger partial charge >= 0.3 is 0 Å². The van der Waals surface area contributed by atoms with Crippen LogP contribution in [0.25, 0.3) is 0 Å². The van der Waals surface area contributed by atoms with Gasteiger partial charge in [0.2, 0.25) is 5.91 Å². The van der Waals surface area contributed by atoms with Crippen molar-refractivity contribution in [3.05, 3.63) is 29.3 Å². The third kappa shape index (κ3) is 4.94. The molecule has 26 heavy (non-hydrogen) atoms. The van der Waals surface area contributed by atoms with E-state index in [0.29, 0.717) is 5.02 Å². The lowest BCUT2D eigenvalue weighted by molar-refractivity contribution is -0.121. The van der Waals surface area contributed by atoms with Gasteiger partial charge in [0.15, 0.2) is 0 Å². The molecule has 1 aromatic rings. The molecule has 1 atom stereocenters. The fourth-order valence-electron chi connectivity index (χ4n) is 4.03.